The molecule has 1 aromatic rings. The fraction of sp³-hybridized carbons (Fsp3) is 0.417. The second kappa shape index (κ2) is 5.26. The lowest BCUT2D eigenvalue weighted by atomic mass is 9.85. The standard InChI is InChI=1S/C12H15FN2O3S/c13-11-6-9(19(14,17)18)4-5-10(11)12(16)15-7-8-2-1-3-8/h4-6,8H,1-3,7H2,(H,15,16)(H2,14,17,18). The fourth-order valence-electron chi connectivity index (χ4n) is 1.89. The van der Waals surface area contributed by atoms with Gasteiger partial charge in [0.25, 0.3) is 5.91 Å². The highest BCUT2D eigenvalue weighted by molar-refractivity contribution is 7.89. The third-order valence-corrected chi connectivity index (χ3v) is 4.20. The van der Waals surface area contributed by atoms with Gasteiger partial charge < -0.3 is 5.32 Å². The summed E-state index contributed by atoms with van der Waals surface area (Å²) >= 11 is 0. The highest BCUT2D eigenvalue weighted by Crippen LogP contribution is 2.25. The molecule has 0 bridgehead atoms. The van der Waals surface area contributed by atoms with E-state index in [0.717, 1.165) is 37.5 Å². The van der Waals surface area contributed by atoms with E-state index in [4.69, 9.17) is 5.14 Å². The Hall–Kier alpha value is -1.47. The van der Waals surface area contributed by atoms with Crippen LogP contribution in [0, 0.1) is 11.7 Å². The number of nitrogens with two attached hydrogens (primary N) is 1. The lowest BCUT2D eigenvalue weighted by Crippen LogP contribution is -2.32. The molecule has 1 saturated carbocycles. The van der Waals surface area contributed by atoms with Crippen molar-refractivity contribution in [2.24, 2.45) is 11.1 Å². The molecule has 0 radical (unpaired) electrons. The number of carbonyl (C=O) groups is 1. The molecule has 19 heavy (non-hydrogen) atoms. The second-order valence-electron chi connectivity index (χ2n) is 4.69. The first-order valence-corrected chi connectivity index (χ1v) is 7.53. The van der Waals surface area contributed by atoms with E-state index in [1.165, 1.54) is 0 Å². The van der Waals surface area contributed by atoms with Crippen LogP contribution in [0.2, 0.25) is 0 Å². The number of halogens is 1. The van der Waals surface area contributed by atoms with Gasteiger partial charge in [0.05, 0.1) is 10.5 Å². The highest BCUT2D eigenvalue weighted by atomic mass is 32.2. The highest BCUT2D eigenvalue weighted by Gasteiger charge is 2.20. The minimum absolute atomic E-state index is 0.174. The number of hydrogen-bond acceptors (Lipinski definition) is 3. The number of rotatable bonds is 4. The van der Waals surface area contributed by atoms with Crippen molar-refractivity contribution in [1.82, 2.24) is 5.32 Å². The van der Waals surface area contributed by atoms with Crippen molar-refractivity contribution in [2.45, 2.75) is 24.2 Å². The van der Waals surface area contributed by atoms with Crippen LogP contribution in [0.4, 0.5) is 4.39 Å². The minimum Gasteiger partial charge on any atom is -0.352 e. The number of nitrogens with one attached hydrogen (secondary N) is 1. The van der Waals surface area contributed by atoms with E-state index in [2.05, 4.69) is 5.32 Å². The van der Waals surface area contributed by atoms with Crippen LogP contribution >= 0.6 is 0 Å². The summed E-state index contributed by atoms with van der Waals surface area (Å²) in [5.74, 6) is -0.960. The van der Waals surface area contributed by atoms with Crippen LogP contribution in [0.15, 0.2) is 23.1 Å². The van der Waals surface area contributed by atoms with Gasteiger partial charge in [-0.3, -0.25) is 4.79 Å². The van der Waals surface area contributed by atoms with Crippen LogP contribution in [0.1, 0.15) is 29.6 Å². The van der Waals surface area contributed by atoms with E-state index in [-0.39, 0.29) is 10.5 Å². The van der Waals surface area contributed by atoms with Crippen molar-refractivity contribution in [3.8, 4) is 0 Å². The molecule has 0 saturated heterocycles. The molecule has 0 atom stereocenters. The molecule has 1 aromatic carbocycles. The third kappa shape index (κ3) is 3.30. The number of benzene rings is 1. The molecule has 5 nitrogen and oxygen atoms in total. The van der Waals surface area contributed by atoms with Crippen LogP contribution in [-0.2, 0) is 10.0 Å². The zero-order valence-electron chi connectivity index (χ0n) is 10.2. The van der Waals surface area contributed by atoms with Gasteiger partial charge in [-0.25, -0.2) is 17.9 Å². The topological polar surface area (TPSA) is 89.3 Å². The van der Waals surface area contributed by atoms with Crippen LogP contribution < -0.4 is 10.5 Å². The van der Waals surface area contributed by atoms with Crippen molar-refractivity contribution >= 4 is 15.9 Å². The SMILES string of the molecule is NS(=O)(=O)c1ccc(C(=O)NCC2CCC2)c(F)c1. The number of primary sulfonamides is 1. The van der Waals surface area contributed by atoms with Gasteiger partial charge in [0.2, 0.25) is 10.0 Å². The fourth-order valence-corrected chi connectivity index (χ4v) is 2.41. The smallest absolute Gasteiger partial charge is 0.254 e. The van der Waals surface area contributed by atoms with Crippen molar-refractivity contribution in [3.05, 3.63) is 29.6 Å². The lowest BCUT2D eigenvalue weighted by Gasteiger charge is -2.25. The number of carbonyl (C=O) groups excluding carboxylic acids is 1. The summed E-state index contributed by atoms with van der Waals surface area (Å²) in [6.45, 7) is 0.523. The quantitative estimate of drug-likeness (QED) is 0.865. The normalized spacial score (nSPS) is 15.9. The first kappa shape index (κ1) is 14.0. The number of amides is 1. The van der Waals surface area contributed by atoms with Gasteiger partial charge in [-0.1, -0.05) is 6.42 Å². The van der Waals surface area contributed by atoms with Gasteiger partial charge in [0.1, 0.15) is 5.82 Å². The third-order valence-electron chi connectivity index (χ3n) is 3.29. The van der Waals surface area contributed by atoms with Crippen LogP contribution in [0.5, 0.6) is 0 Å². The van der Waals surface area contributed by atoms with Gasteiger partial charge in [-0.05, 0) is 37.0 Å². The average Bonchev–Trinajstić information content (AvgIpc) is 2.25. The molecular weight excluding hydrogens is 271 g/mol. The van der Waals surface area contributed by atoms with E-state index in [0.29, 0.717) is 12.5 Å². The van der Waals surface area contributed by atoms with E-state index >= 15 is 0 Å². The maximum atomic E-state index is 13.7. The molecule has 0 spiro atoms. The summed E-state index contributed by atoms with van der Waals surface area (Å²) in [4.78, 5) is 11.4. The van der Waals surface area contributed by atoms with Gasteiger partial charge in [0.15, 0.2) is 0 Å². The van der Waals surface area contributed by atoms with Crippen molar-refractivity contribution < 1.29 is 17.6 Å². The molecule has 2 rings (SSSR count). The van der Waals surface area contributed by atoms with Gasteiger partial charge in [0, 0.05) is 6.54 Å². The summed E-state index contributed by atoms with van der Waals surface area (Å²) in [5.41, 5.74) is -0.174. The zero-order chi connectivity index (χ0) is 14.0. The molecule has 0 aromatic heterocycles. The molecule has 1 aliphatic rings. The molecule has 0 unspecified atom stereocenters. The molecule has 0 aliphatic heterocycles. The Labute approximate surface area is 111 Å². The van der Waals surface area contributed by atoms with E-state index in [1.807, 2.05) is 0 Å². The van der Waals surface area contributed by atoms with Gasteiger partial charge in [-0.15, -0.1) is 0 Å². The molecule has 0 heterocycles. The molecular formula is C12H15FN2O3S. The second-order valence-corrected chi connectivity index (χ2v) is 6.26. The van der Waals surface area contributed by atoms with Gasteiger partial charge in [-0.2, -0.15) is 0 Å². The van der Waals surface area contributed by atoms with Crippen LogP contribution in [-0.4, -0.2) is 20.9 Å². The molecule has 1 amide bonds. The summed E-state index contributed by atoms with van der Waals surface area (Å²) in [6.07, 6.45) is 3.32. The Morgan fingerprint density at radius 3 is 2.58 bits per heavy atom. The monoisotopic (exact) mass is 286 g/mol. The van der Waals surface area contributed by atoms with E-state index in [9.17, 15) is 17.6 Å². The van der Waals surface area contributed by atoms with Crippen molar-refractivity contribution in [2.75, 3.05) is 6.54 Å². The largest absolute Gasteiger partial charge is 0.352 e. The van der Waals surface area contributed by atoms with Crippen molar-refractivity contribution in [3.63, 3.8) is 0 Å². The summed E-state index contributed by atoms with van der Waals surface area (Å²) in [7, 11) is -3.96. The first-order chi connectivity index (χ1) is 8.88. The average molecular weight is 286 g/mol. The summed E-state index contributed by atoms with van der Waals surface area (Å²) in [6, 6.07) is 3.01. The predicted octanol–water partition coefficient (Wildman–Crippen LogP) is 1.00. The summed E-state index contributed by atoms with van der Waals surface area (Å²) in [5, 5.41) is 7.52. The molecule has 104 valence electrons. The Morgan fingerprint density at radius 1 is 1.42 bits per heavy atom. The molecule has 1 aliphatic carbocycles. The van der Waals surface area contributed by atoms with Gasteiger partial charge >= 0.3 is 0 Å². The van der Waals surface area contributed by atoms with Crippen molar-refractivity contribution in [1.29, 1.82) is 0 Å². The maximum Gasteiger partial charge on any atom is 0.254 e. The first-order valence-electron chi connectivity index (χ1n) is 5.98. The number of hydrogen-bond donors (Lipinski definition) is 2. The van der Waals surface area contributed by atoms with E-state index < -0.39 is 21.7 Å². The van der Waals surface area contributed by atoms with Crippen LogP contribution in [0.3, 0.4) is 0 Å². The van der Waals surface area contributed by atoms with E-state index in [1.54, 1.807) is 0 Å². The summed E-state index contributed by atoms with van der Waals surface area (Å²) < 4.78 is 35.7. The lowest BCUT2D eigenvalue weighted by molar-refractivity contribution is 0.0935. The molecule has 1 fully saturated rings. The zero-order valence-corrected chi connectivity index (χ0v) is 11.0. The minimum atomic E-state index is -3.96. The Morgan fingerprint density at radius 2 is 2.11 bits per heavy atom. The Kier molecular flexibility index (Phi) is 3.86. The Bertz CT molecular complexity index is 597. The predicted molar refractivity (Wildman–Crippen MR) is 67.4 cm³/mol. The molecule has 3 N–H and O–H groups in total. The number of sulfonamides is 1. The maximum absolute atomic E-state index is 13.7. The Balaban J connectivity index is 2.09. The van der Waals surface area contributed by atoms with Crippen LogP contribution in [0.25, 0.3) is 0 Å². The molecule has 7 heteroatoms.